The summed E-state index contributed by atoms with van der Waals surface area (Å²) in [6, 6.07) is 6.76. The van der Waals surface area contributed by atoms with E-state index in [1.54, 1.807) is 36.0 Å². The van der Waals surface area contributed by atoms with Gasteiger partial charge in [-0.1, -0.05) is 24.0 Å². The molecule has 0 amide bonds. The number of hydrogen-bond donors (Lipinski definition) is 2. The van der Waals surface area contributed by atoms with E-state index in [4.69, 9.17) is 5.73 Å². The van der Waals surface area contributed by atoms with Gasteiger partial charge in [0.1, 0.15) is 0 Å². The lowest BCUT2D eigenvalue weighted by Crippen LogP contribution is -2.35. The fourth-order valence-electron chi connectivity index (χ4n) is 1.86. The minimum atomic E-state index is -3.51. The molecule has 0 bridgehead atoms. The summed E-state index contributed by atoms with van der Waals surface area (Å²) in [6.45, 7) is 0.209. The van der Waals surface area contributed by atoms with Gasteiger partial charge in [-0.15, -0.1) is 0 Å². The van der Waals surface area contributed by atoms with E-state index in [0.717, 1.165) is 17.9 Å². The van der Waals surface area contributed by atoms with Gasteiger partial charge in [0, 0.05) is 17.4 Å². The smallest absolute Gasteiger partial charge is 0.242 e. The van der Waals surface area contributed by atoms with Crippen molar-refractivity contribution in [3.63, 3.8) is 0 Å². The molecule has 0 aliphatic carbocycles. The second-order valence-electron chi connectivity index (χ2n) is 4.18. The molecule has 1 aliphatic rings. The maximum Gasteiger partial charge on any atom is 0.242 e. The maximum absolute atomic E-state index is 12.4. The summed E-state index contributed by atoms with van der Waals surface area (Å²) in [5.74, 6) is 7.33. The number of hydrogen-bond acceptors (Lipinski definition) is 4. The van der Waals surface area contributed by atoms with Crippen LogP contribution in [0.25, 0.3) is 0 Å². The van der Waals surface area contributed by atoms with Crippen molar-refractivity contribution >= 4 is 21.8 Å². The SMILES string of the molecule is NCC#Cc1ccccc1S(=O)(=O)NC1CCSC1. The first-order chi connectivity index (χ1) is 9.13. The Hall–Kier alpha value is -1.000. The average Bonchev–Trinajstić information content (AvgIpc) is 2.88. The van der Waals surface area contributed by atoms with Crippen molar-refractivity contribution in [2.45, 2.75) is 17.4 Å². The molecule has 0 spiro atoms. The first kappa shape index (κ1) is 14.4. The fourth-order valence-corrected chi connectivity index (χ4v) is 4.55. The molecule has 1 unspecified atom stereocenters. The Morgan fingerprint density at radius 1 is 1.42 bits per heavy atom. The van der Waals surface area contributed by atoms with Gasteiger partial charge in [0.05, 0.1) is 11.4 Å². The lowest BCUT2D eigenvalue weighted by atomic mass is 10.2. The van der Waals surface area contributed by atoms with Crippen LogP contribution in [0.2, 0.25) is 0 Å². The molecular weight excluding hydrogens is 280 g/mol. The van der Waals surface area contributed by atoms with Gasteiger partial charge >= 0.3 is 0 Å². The van der Waals surface area contributed by atoms with Crippen molar-refractivity contribution < 1.29 is 8.42 Å². The highest BCUT2D eigenvalue weighted by Crippen LogP contribution is 2.21. The van der Waals surface area contributed by atoms with E-state index in [-0.39, 0.29) is 17.5 Å². The first-order valence-corrected chi connectivity index (χ1v) is 8.65. The molecular formula is C13H16N2O2S2. The standard InChI is InChI=1S/C13H16N2O2S2/c14-8-3-5-11-4-1-2-6-13(11)19(16,17)15-12-7-9-18-10-12/h1-2,4,6,12,15H,7-10,14H2. The molecule has 0 radical (unpaired) electrons. The largest absolute Gasteiger partial charge is 0.320 e. The molecule has 3 N–H and O–H groups in total. The molecule has 6 heteroatoms. The molecule has 1 aromatic carbocycles. The topological polar surface area (TPSA) is 72.2 Å². The number of nitrogens with two attached hydrogens (primary N) is 1. The minimum Gasteiger partial charge on any atom is -0.320 e. The van der Waals surface area contributed by atoms with E-state index in [9.17, 15) is 8.42 Å². The van der Waals surface area contributed by atoms with Crippen LogP contribution in [-0.4, -0.2) is 32.5 Å². The summed E-state index contributed by atoms with van der Waals surface area (Å²) in [6.07, 6.45) is 0.876. The molecule has 1 fully saturated rings. The number of benzene rings is 1. The minimum absolute atomic E-state index is 0.0190. The molecule has 1 heterocycles. The maximum atomic E-state index is 12.4. The van der Waals surface area contributed by atoms with Gasteiger partial charge in [-0.05, 0) is 24.3 Å². The van der Waals surface area contributed by atoms with Gasteiger partial charge in [-0.25, -0.2) is 13.1 Å². The van der Waals surface area contributed by atoms with Crippen LogP contribution in [0.15, 0.2) is 29.2 Å². The highest BCUT2D eigenvalue weighted by Gasteiger charge is 2.24. The summed E-state index contributed by atoms with van der Waals surface area (Å²) in [4.78, 5) is 0.229. The molecule has 4 nitrogen and oxygen atoms in total. The molecule has 1 aliphatic heterocycles. The van der Waals surface area contributed by atoms with Crippen LogP contribution in [0, 0.1) is 11.8 Å². The number of sulfonamides is 1. The zero-order chi connectivity index (χ0) is 13.7. The second kappa shape index (κ2) is 6.44. The fraction of sp³-hybridized carbons (Fsp3) is 0.385. The third-order valence-corrected chi connectivity index (χ3v) is 5.49. The zero-order valence-corrected chi connectivity index (χ0v) is 12.1. The summed E-state index contributed by atoms with van der Waals surface area (Å²) in [7, 11) is -3.51. The number of rotatable bonds is 3. The van der Waals surface area contributed by atoms with E-state index in [1.807, 2.05) is 0 Å². The normalized spacial score (nSPS) is 18.9. The number of nitrogens with one attached hydrogen (secondary N) is 1. The molecule has 1 aromatic rings. The summed E-state index contributed by atoms with van der Waals surface area (Å²) in [5.41, 5.74) is 5.82. The average molecular weight is 296 g/mol. The molecule has 2 rings (SSSR count). The molecule has 19 heavy (non-hydrogen) atoms. The Morgan fingerprint density at radius 2 is 2.21 bits per heavy atom. The Balaban J connectivity index is 2.28. The molecule has 1 saturated heterocycles. The van der Waals surface area contributed by atoms with Gasteiger partial charge in [-0.2, -0.15) is 11.8 Å². The van der Waals surface area contributed by atoms with Crippen molar-refractivity contribution in [2.24, 2.45) is 5.73 Å². The third kappa shape index (κ3) is 3.74. The van der Waals surface area contributed by atoms with Gasteiger partial charge < -0.3 is 5.73 Å². The first-order valence-electron chi connectivity index (χ1n) is 6.01. The molecule has 0 saturated carbocycles. The van der Waals surface area contributed by atoms with Crippen LogP contribution in [0.4, 0.5) is 0 Å². The lowest BCUT2D eigenvalue weighted by Gasteiger charge is -2.13. The van der Waals surface area contributed by atoms with Crippen LogP contribution in [0.1, 0.15) is 12.0 Å². The Bertz CT molecular complexity index is 597. The van der Waals surface area contributed by atoms with Crippen LogP contribution < -0.4 is 10.5 Å². The highest BCUT2D eigenvalue weighted by molar-refractivity contribution is 7.99. The number of thioether (sulfide) groups is 1. The predicted molar refractivity (Wildman–Crippen MR) is 78.4 cm³/mol. The van der Waals surface area contributed by atoms with E-state index >= 15 is 0 Å². The monoisotopic (exact) mass is 296 g/mol. The van der Waals surface area contributed by atoms with Gasteiger partial charge in [0.15, 0.2) is 0 Å². The highest BCUT2D eigenvalue weighted by atomic mass is 32.2. The predicted octanol–water partition coefficient (Wildman–Crippen LogP) is 0.781. The second-order valence-corrected chi connectivity index (χ2v) is 7.02. The van der Waals surface area contributed by atoms with Crippen molar-refractivity contribution in [2.75, 3.05) is 18.1 Å². The summed E-state index contributed by atoms with van der Waals surface area (Å²) >= 11 is 1.76. The van der Waals surface area contributed by atoms with Crippen LogP contribution in [0.5, 0.6) is 0 Å². The van der Waals surface area contributed by atoms with E-state index in [2.05, 4.69) is 16.6 Å². The van der Waals surface area contributed by atoms with Crippen LogP contribution in [-0.2, 0) is 10.0 Å². The summed E-state index contributed by atoms with van der Waals surface area (Å²) < 4.78 is 27.4. The quantitative estimate of drug-likeness (QED) is 0.809. The van der Waals surface area contributed by atoms with Crippen molar-refractivity contribution in [3.05, 3.63) is 29.8 Å². The van der Waals surface area contributed by atoms with Crippen molar-refractivity contribution in [1.29, 1.82) is 0 Å². The molecule has 102 valence electrons. The Morgan fingerprint density at radius 3 is 2.89 bits per heavy atom. The Kier molecular flexibility index (Phi) is 4.88. The van der Waals surface area contributed by atoms with Crippen molar-refractivity contribution in [1.82, 2.24) is 4.72 Å². The molecule has 0 aromatic heterocycles. The van der Waals surface area contributed by atoms with Gasteiger partial charge in [0.25, 0.3) is 0 Å². The van der Waals surface area contributed by atoms with E-state index in [0.29, 0.717) is 5.56 Å². The van der Waals surface area contributed by atoms with Gasteiger partial charge in [-0.3, -0.25) is 0 Å². The van der Waals surface area contributed by atoms with E-state index < -0.39 is 10.0 Å². The lowest BCUT2D eigenvalue weighted by molar-refractivity contribution is 0.563. The van der Waals surface area contributed by atoms with Crippen LogP contribution >= 0.6 is 11.8 Å². The molecule has 1 atom stereocenters. The third-order valence-electron chi connectivity index (χ3n) is 2.75. The van der Waals surface area contributed by atoms with Crippen LogP contribution in [0.3, 0.4) is 0 Å². The van der Waals surface area contributed by atoms with Gasteiger partial charge in [0.2, 0.25) is 10.0 Å². The van der Waals surface area contributed by atoms with Crippen molar-refractivity contribution in [3.8, 4) is 11.8 Å². The Labute approximate surface area is 118 Å². The zero-order valence-electron chi connectivity index (χ0n) is 10.4. The van der Waals surface area contributed by atoms with E-state index in [1.165, 1.54) is 0 Å². The summed E-state index contributed by atoms with van der Waals surface area (Å²) in [5, 5.41) is 0.